The molecule has 1 atom stereocenters. The van der Waals surface area contributed by atoms with Gasteiger partial charge < -0.3 is 5.73 Å². The Morgan fingerprint density at radius 1 is 1.33 bits per heavy atom. The van der Waals surface area contributed by atoms with Crippen LogP contribution in [0.3, 0.4) is 0 Å². The molecule has 0 saturated heterocycles. The number of likely N-dealkylation sites (N-methyl/N-ethyl adjacent to an activating group) is 1. The van der Waals surface area contributed by atoms with Gasteiger partial charge >= 0.3 is 0 Å². The van der Waals surface area contributed by atoms with Crippen LogP contribution in [0.25, 0.3) is 0 Å². The highest BCUT2D eigenvalue weighted by Gasteiger charge is 2.19. The molecule has 1 heterocycles. The van der Waals surface area contributed by atoms with Crippen LogP contribution < -0.4 is 5.73 Å². The average molecular weight is 290 g/mol. The zero-order valence-corrected chi connectivity index (χ0v) is 12.8. The van der Waals surface area contributed by atoms with Crippen LogP contribution in [0.15, 0.2) is 36.7 Å². The fourth-order valence-corrected chi connectivity index (χ4v) is 2.38. The zero-order chi connectivity index (χ0) is 15.4. The normalized spacial score (nSPS) is 13.1. The van der Waals surface area contributed by atoms with E-state index in [0.29, 0.717) is 24.7 Å². The van der Waals surface area contributed by atoms with Gasteiger partial charge in [0.05, 0.1) is 12.2 Å². The number of halogens is 1. The lowest BCUT2D eigenvalue weighted by Crippen LogP contribution is -2.30. The number of benzene rings is 1. The first-order valence-corrected chi connectivity index (χ1v) is 7.20. The molecular formula is C16H23FN4. The topological polar surface area (TPSA) is 47.1 Å². The fourth-order valence-electron chi connectivity index (χ4n) is 2.38. The van der Waals surface area contributed by atoms with Crippen LogP contribution in [0.2, 0.25) is 0 Å². The summed E-state index contributed by atoms with van der Waals surface area (Å²) in [6.45, 7) is 5.14. The van der Waals surface area contributed by atoms with Crippen molar-refractivity contribution in [2.24, 2.45) is 5.73 Å². The predicted octanol–water partition coefficient (Wildman–Crippen LogP) is 2.73. The fraction of sp³-hybridized carbons (Fsp3) is 0.438. The summed E-state index contributed by atoms with van der Waals surface area (Å²) in [6.07, 6.45) is 3.86. The van der Waals surface area contributed by atoms with E-state index in [-0.39, 0.29) is 11.9 Å². The van der Waals surface area contributed by atoms with E-state index >= 15 is 0 Å². The van der Waals surface area contributed by atoms with Crippen molar-refractivity contribution < 1.29 is 4.39 Å². The molecule has 0 amide bonds. The molecule has 2 rings (SSSR count). The van der Waals surface area contributed by atoms with E-state index in [1.165, 1.54) is 6.07 Å². The van der Waals surface area contributed by atoms with E-state index in [9.17, 15) is 4.39 Å². The minimum atomic E-state index is -0.182. The van der Waals surface area contributed by atoms with Crippen LogP contribution in [-0.2, 0) is 6.54 Å². The second-order valence-corrected chi connectivity index (χ2v) is 5.61. The first-order valence-electron chi connectivity index (χ1n) is 7.20. The third kappa shape index (κ3) is 3.68. The summed E-state index contributed by atoms with van der Waals surface area (Å²) < 4.78 is 15.7. The average Bonchev–Trinajstić information content (AvgIpc) is 2.92. The summed E-state index contributed by atoms with van der Waals surface area (Å²) in [4.78, 5) is 2.06. The number of aromatic nitrogens is 2. The van der Waals surface area contributed by atoms with Gasteiger partial charge in [-0.1, -0.05) is 18.2 Å². The molecule has 0 radical (unpaired) electrons. The molecule has 1 unspecified atom stereocenters. The van der Waals surface area contributed by atoms with Crippen LogP contribution in [0.1, 0.15) is 37.1 Å². The van der Waals surface area contributed by atoms with Gasteiger partial charge in [0.25, 0.3) is 0 Å². The largest absolute Gasteiger partial charge is 0.329 e. The summed E-state index contributed by atoms with van der Waals surface area (Å²) in [7, 11) is 1.96. The molecule has 4 nitrogen and oxygen atoms in total. The van der Waals surface area contributed by atoms with E-state index in [1.807, 2.05) is 30.2 Å². The van der Waals surface area contributed by atoms with Crippen LogP contribution in [0, 0.1) is 5.82 Å². The maximum atomic E-state index is 13.8. The lowest BCUT2D eigenvalue weighted by molar-refractivity contribution is 0.238. The lowest BCUT2D eigenvalue weighted by atomic mass is 10.1. The van der Waals surface area contributed by atoms with Crippen molar-refractivity contribution in [2.45, 2.75) is 32.5 Å². The predicted molar refractivity (Wildman–Crippen MR) is 82.3 cm³/mol. The second kappa shape index (κ2) is 6.83. The van der Waals surface area contributed by atoms with Gasteiger partial charge in [0.15, 0.2) is 0 Å². The Balaban J connectivity index is 2.14. The molecule has 1 aromatic heterocycles. The lowest BCUT2D eigenvalue weighted by Gasteiger charge is -2.26. The van der Waals surface area contributed by atoms with Gasteiger partial charge in [0.1, 0.15) is 5.82 Å². The van der Waals surface area contributed by atoms with E-state index in [2.05, 4.69) is 23.8 Å². The van der Waals surface area contributed by atoms with Crippen LogP contribution in [0.4, 0.5) is 4.39 Å². The molecular weight excluding hydrogens is 267 g/mol. The smallest absolute Gasteiger partial charge is 0.127 e. The Morgan fingerprint density at radius 3 is 2.62 bits per heavy atom. The highest BCUT2D eigenvalue weighted by Crippen LogP contribution is 2.21. The minimum absolute atomic E-state index is 0.0251. The number of nitrogens with zero attached hydrogens (tertiary/aromatic N) is 3. The van der Waals surface area contributed by atoms with E-state index in [1.54, 1.807) is 12.1 Å². The van der Waals surface area contributed by atoms with Gasteiger partial charge in [-0.15, -0.1) is 0 Å². The Morgan fingerprint density at radius 2 is 2.05 bits per heavy atom. The SMILES string of the molecule is CC(C)n1cc(C(CN)N(C)Cc2ccccc2F)cn1. The molecule has 0 spiro atoms. The van der Waals surface area contributed by atoms with E-state index in [4.69, 9.17) is 5.73 Å². The van der Waals surface area contributed by atoms with Crippen molar-refractivity contribution >= 4 is 0 Å². The maximum Gasteiger partial charge on any atom is 0.127 e. The molecule has 21 heavy (non-hydrogen) atoms. The van der Waals surface area contributed by atoms with Gasteiger partial charge in [0.2, 0.25) is 0 Å². The Hall–Kier alpha value is -1.72. The quantitative estimate of drug-likeness (QED) is 0.890. The summed E-state index contributed by atoms with van der Waals surface area (Å²) >= 11 is 0. The second-order valence-electron chi connectivity index (χ2n) is 5.61. The first-order chi connectivity index (χ1) is 10.0. The van der Waals surface area contributed by atoms with Crippen molar-refractivity contribution in [2.75, 3.05) is 13.6 Å². The van der Waals surface area contributed by atoms with Gasteiger partial charge in [0, 0.05) is 36.5 Å². The Labute approximate surface area is 125 Å². The van der Waals surface area contributed by atoms with Crippen molar-refractivity contribution in [3.05, 3.63) is 53.6 Å². The number of hydrogen-bond donors (Lipinski definition) is 1. The first kappa shape index (κ1) is 15.7. The Bertz CT molecular complexity index is 579. The van der Waals surface area contributed by atoms with Crippen LogP contribution in [-0.4, -0.2) is 28.3 Å². The van der Waals surface area contributed by atoms with Gasteiger partial charge in [-0.3, -0.25) is 9.58 Å². The highest BCUT2D eigenvalue weighted by molar-refractivity contribution is 5.18. The molecule has 0 aliphatic rings. The minimum Gasteiger partial charge on any atom is -0.329 e. The number of rotatable bonds is 6. The van der Waals surface area contributed by atoms with Crippen molar-refractivity contribution in [1.29, 1.82) is 0 Å². The molecule has 5 heteroatoms. The third-order valence-corrected chi connectivity index (χ3v) is 3.67. The highest BCUT2D eigenvalue weighted by atomic mass is 19.1. The molecule has 0 aliphatic heterocycles. The molecule has 2 aromatic rings. The number of hydrogen-bond acceptors (Lipinski definition) is 3. The van der Waals surface area contributed by atoms with Crippen LogP contribution >= 0.6 is 0 Å². The van der Waals surface area contributed by atoms with Gasteiger partial charge in [-0.2, -0.15) is 5.10 Å². The van der Waals surface area contributed by atoms with Crippen molar-refractivity contribution in [3.63, 3.8) is 0 Å². The maximum absolute atomic E-state index is 13.8. The zero-order valence-electron chi connectivity index (χ0n) is 12.8. The summed E-state index contributed by atoms with van der Waals surface area (Å²) in [5.41, 5.74) is 7.65. The summed E-state index contributed by atoms with van der Waals surface area (Å²) in [5, 5.41) is 4.35. The molecule has 1 aromatic carbocycles. The number of nitrogens with two attached hydrogens (primary N) is 1. The molecule has 0 fully saturated rings. The standard InChI is InChI=1S/C16H23FN4/c1-12(2)21-11-14(9-19-21)16(8-18)20(3)10-13-6-4-5-7-15(13)17/h4-7,9,11-12,16H,8,10,18H2,1-3H3. The summed E-state index contributed by atoms with van der Waals surface area (Å²) in [5.74, 6) is -0.182. The monoisotopic (exact) mass is 290 g/mol. The van der Waals surface area contributed by atoms with Crippen molar-refractivity contribution in [3.8, 4) is 0 Å². The van der Waals surface area contributed by atoms with E-state index in [0.717, 1.165) is 5.56 Å². The van der Waals surface area contributed by atoms with Gasteiger partial charge in [-0.25, -0.2) is 4.39 Å². The van der Waals surface area contributed by atoms with Gasteiger partial charge in [-0.05, 0) is 27.0 Å². The van der Waals surface area contributed by atoms with Crippen LogP contribution in [0.5, 0.6) is 0 Å². The molecule has 0 saturated carbocycles. The third-order valence-electron chi connectivity index (χ3n) is 3.67. The molecule has 2 N–H and O–H groups in total. The molecule has 0 aliphatic carbocycles. The Kier molecular flexibility index (Phi) is 5.09. The van der Waals surface area contributed by atoms with E-state index < -0.39 is 0 Å². The van der Waals surface area contributed by atoms with Crippen molar-refractivity contribution in [1.82, 2.24) is 14.7 Å². The molecule has 114 valence electrons. The summed E-state index contributed by atoms with van der Waals surface area (Å²) in [6, 6.07) is 7.17. The molecule has 0 bridgehead atoms.